The molecule has 10 nitrogen and oxygen atoms in total. The Labute approximate surface area is 204 Å². The first-order chi connectivity index (χ1) is 17.3. The van der Waals surface area contributed by atoms with Gasteiger partial charge >= 0.3 is 12.0 Å². The third kappa shape index (κ3) is 5.58. The molecule has 2 aromatic carbocycles. The largest absolute Gasteiger partial charge is 0.483 e. The van der Waals surface area contributed by atoms with Crippen molar-refractivity contribution in [2.75, 3.05) is 19.0 Å². The summed E-state index contributed by atoms with van der Waals surface area (Å²) in [6, 6.07) is 14.1. The van der Waals surface area contributed by atoms with Gasteiger partial charge in [-0.1, -0.05) is 18.2 Å². The monoisotopic (exact) mass is 493 g/mol. The number of benzene rings is 2. The fourth-order valence-corrected chi connectivity index (χ4v) is 3.30. The first-order valence-electron chi connectivity index (χ1n) is 10.6. The molecule has 36 heavy (non-hydrogen) atoms. The van der Waals surface area contributed by atoms with Crippen LogP contribution in [-0.2, 0) is 20.9 Å². The number of rotatable bonds is 8. The first kappa shape index (κ1) is 24.2. The molecule has 0 saturated carbocycles. The molecule has 1 saturated heterocycles. The first-order valence-corrected chi connectivity index (χ1v) is 10.6. The number of urea groups is 1. The zero-order chi connectivity index (χ0) is 25.7. The van der Waals surface area contributed by atoms with Crippen molar-refractivity contribution < 1.29 is 37.5 Å². The highest BCUT2D eigenvalue weighted by atomic mass is 19.1. The molecule has 4 amide bonds. The molecule has 0 radical (unpaired) electrons. The Balaban J connectivity index is 1.42. The minimum absolute atomic E-state index is 0.00781. The lowest BCUT2D eigenvalue weighted by molar-refractivity contribution is -0.123. The molecule has 2 heterocycles. The lowest BCUT2D eigenvalue weighted by atomic mass is 10.1. The quantitative estimate of drug-likeness (QED) is 0.280. The normalized spacial score (nSPS) is 14.1. The number of furan rings is 1. The number of imide groups is 1. The van der Waals surface area contributed by atoms with Gasteiger partial charge in [0.25, 0.3) is 11.8 Å². The minimum atomic E-state index is -0.679. The van der Waals surface area contributed by atoms with E-state index >= 15 is 0 Å². The highest BCUT2D eigenvalue weighted by molar-refractivity contribution is 6.14. The molecule has 1 aliphatic heterocycles. The standard InChI is InChI=1S/C25H20FN3O7/c1-34-24(32)21-11-10-18(36-21)13-29-23(31)19(28-25(29)33)12-15-4-2-3-5-20(15)35-14-22(30)27-17-8-6-16(26)7-9-17/h2-12H,13-14H2,1H3,(H,27,30)(H,28,33)/b19-12-. The lowest BCUT2D eigenvalue weighted by Crippen LogP contribution is -2.30. The predicted molar refractivity (Wildman–Crippen MR) is 124 cm³/mol. The summed E-state index contributed by atoms with van der Waals surface area (Å²) in [7, 11) is 1.21. The number of ether oxygens (including phenoxy) is 2. The summed E-state index contributed by atoms with van der Waals surface area (Å²) in [6.45, 7) is -0.536. The maximum absolute atomic E-state index is 13.0. The lowest BCUT2D eigenvalue weighted by Gasteiger charge is -2.10. The van der Waals surface area contributed by atoms with Gasteiger partial charge in [0.15, 0.2) is 6.61 Å². The van der Waals surface area contributed by atoms with Crippen LogP contribution in [0.4, 0.5) is 14.9 Å². The second-order valence-electron chi connectivity index (χ2n) is 7.52. The summed E-state index contributed by atoms with van der Waals surface area (Å²) in [5.41, 5.74) is 0.852. The number of amides is 4. The number of nitrogens with one attached hydrogen (secondary N) is 2. The van der Waals surface area contributed by atoms with Gasteiger partial charge in [-0.2, -0.15) is 0 Å². The second-order valence-corrected chi connectivity index (χ2v) is 7.52. The van der Waals surface area contributed by atoms with Gasteiger partial charge in [-0.15, -0.1) is 0 Å². The van der Waals surface area contributed by atoms with Crippen LogP contribution in [0.2, 0.25) is 0 Å². The van der Waals surface area contributed by atoms with Crippen molar-refractivity contribution in [2.24, 2.45) is 0 Å². The zero-order valence-electron chi connectivity index (χ0n) is 18.9. The molecule has 0 unspecified atom stereocenters. The predicted octanol–water partition coefficient (Wildman–Crippen LogP) is 3.32. The average Bonchev–Trinajstić information content (AvgIpc) is 3.45. The van der Waals surface area contributed by atoms with E-state index in [1.807, 2.05) is 0 Å². The van der Waals surface area contributed by atoms with Gasteiger partial charge in [0, 0.05) is 11.3 Å². The van der Waals surface area contributed by atoms with Gasteiger partial charge in [0.05, 0.1) is 13.7 Å². The molecule has 1 aliphatic rings. The Hall–Kier alpha value is -4.93. The summed E-state index contributed by atoms with van der Waals surface area (Å²) in [5, 5.41) is 5.08. The van der Waals surface area contributed by atoms with Crippen molar-refractivity contribution in [2.45, 2.75) is 6.54 Å². The van der Waals surface area contributed by atoms with Gasteiger partial charge in [-0.3, -0.25) is 14.5 Å². The summed E-state index contributed by atoms with van der Waals surface area (Å²) in [4.78, 5) is 49.9. The molecule has 3 aromatic rings. The number of carbonyl (C=O) groups excluding carboxylic acids is 4. The fourth-order valence-electron chi connectivity index (χ4n) is 3.30. The Bertz CT molecular complexity index is 1350. The van der Waals surface area contributed by atoms with Crippen LogP contribution < -0.4 is 15.4 Å². The van der Waals surface area contributed by atoms with Crippen molar-refractivity contribution in [3.05, 3.63) is 89.3 Å². The van der Waals surface area contributed by atoms with Gasteiger partial charge in [0.1, 0.15) is 23.0 Å². The molecule has 2 N–H and O–H groups in total. The molecule has 4 rings (SSSR count). The Morgan fingerprint density at radius 3 is 2.58 bits per heavy atom. The van der Waals surface area contributed by atoms with Crippen LogP contribution >= 0.6 is 0 Å². The number of methoxy groups -OCH3 is 1. The van der Waals surface area contributed by atoms with E-state index in [0.717, 1.165) is 4.90 Å². The third-order valence-electron chi connectivity index (χ3n) is 5.03. The molecule has 11 heteroatoms. The number of nitrogens with zero attached hydrogens (tertiary/aromatic N) is 1. The molecule has 0 spiro atoms. The van der Waals surface area contributed by atoms with Crippen molar-refractivity contribution in [1.29, 1.82) is 0 Å². The highest BCUT2D eigenvalue weighted by Gasteiger charge is 2.34. The van der Waals surface area contributed by atoms with Gasteiger partial charge in [-0.05, 0) is 48.5 Å². The van der Waals surface area contributed by atoms with Gasteiger partial charge in [0.2, 0.25) is 5.76 Å². The SMILES string of the molecule is COC(=O)c1ccc(CN2C(=O)N/C(=C\c3ccccc3OCC(=O)Nc3ccc(F)cc3)C2=O)o1. The number of hydrogen-bond donors (Lipinski definition) is 2. The van der Waals surface area contributed by atoms with Crippen LogP contribution in [0, 0.1) is 5.82 Å². The number of halogens is 1. The topological polar surface area (TPSA) is 127 Å². The van der Waals surface area contributed by atoms with Crippen LogP contribution in [-0.4, -0.2) is 42.4 Å². The molecule has 1 fully saturated rings. The van der Waals surface area contributed by atoms with Crippen LogP contribution in [0.15, 0.2) is 70.8 Å². The van der Waals surface area contributed by atoms with E-state index in [2.05, 4.69) is 15.4 Å². The van der Waals surface area contributed by atoms with E-state index in [1.165, 1.54) is 49.6 Å². The number of para-hydroxylation sites is 1. The van der Waals surface area contributed by atoms with Crippen LogP contribution in [0.25, 0.3) is 6.08 Å². The molecular weight excluding hydrogens is 473 g/mol. The average molecular weight is 493 g/mol. The smallest absolute Gasteiger partial charge is 0.373 e. The maximum atomic E-state index is 13.0. The number of hydrogen-bond acceptors (Lipinski definition) is 7. The summed E-state index contributed by atoms with van der Waals surface area (Å²) >= 11 is 0. The van der Waals surface area contributed by atoms with Crippen molar-refractivity contribution in [3.63, 3.8) is 0 Å². The molecule has 1 aromatic heterocycles. The Morgan fingerprint density at radius 2 is 1.83 bits per heavy atom. The van der Waals surface area contributed by atoms with Gasteiger partial charge < -0.3 is 24.5 Å². The van der Waals surface area contributed by atoms with E-state index in [-0.39, 0.29) is 30.4 Å². The summed E-state index contributed by atoms with van der Waals surface area (Å²) in [6.07, 6.45) is 1.43. The molecule has 184 valence electrons. The van der Waals surface area contributed by atoms with E-state index in [4.69, 9.17) is 9.15 Å². The molecule has 0 aliphatic carbocycles. The highest BCUT2D eigenvalue weighted by Crippen LogP contribution is 2.24. The molecule has 0 atom stereocenters. The minimum Gasteiger partial charge on any atom is -0.483 e. The number of carbonyl (C=O) groups is 4. The third-order valence-corrected chi connectivity index (χ3v) is 5.03. The van der Waals surface area contributed by atoms with Crippen LogP contribution in [0.5, 0.6) is 5.75 Å². The zero-order valence-corrected chi connectivity index (χ0v) is 18.9. The van der Waals surface area contributed by atoms with E-state index in [0.29, 0.717) is 17.0 Å². The Kier molecular flexibility index (Phi) is 7.10. The number of anilines is 1. The van der Waals surface area contributed by atoms with Crippen molar-refractivity contribution in [3.8, 4) is 5.75 Å². The van der Waals surface area contributed by atoms with Crippen molar-refractivity contribution >= 4 is 35.6 Å². The van der Waals surface area contributed by atoms with Crippen LogP contribution in [0.1, 0.15) is 21.9 Å². The molecular formula is C25H20FN3O7. The fraction of sp³-hybridized carbons (Fsp3) is 0.120. The van der Waals surface area contributed by atoms with Crippen molar-refractivity contribution in [1.82, 2.24) is 10.2 Å². The number of esters is 1. The van der Waals surface area contributed by atoms with E-state index < -0.39 is 29.6 Å². The summed E-state index contributed by atoms with van der Waals surface area (Å²) in [5.74, 6) is -1.71. The maximum Gasteiger partial charge on any atom is 0.373 e. The molecule has 0 bridgehead atoms. The van der Waals surface area contributed by atoms with E-state index in [9.17, 15) is 23.6 Å². The second kappa shape index (κ2) is 10.6. The summed E-state index contributed by atoms with van der Waals surface area (Å²) < 4.78 is 28.5. The van der Waals surface area contributed by atoms with Gasteiger partial charge in [-0.25, -0.2) is 14.0 Å². The Morgan fingerprint density at radius 1 is 1.08 bits per heavy atom. The van der Waals surface area contributed by atoms with E-state index in [1.54, 1.807) is 24.3 Å². The van der Waals surface area contributed by atoms with Crippen LogP contribution in [0.3, 0.4) is 0 Å².